The SMILES string of the molecule is Cc1cnc(Nc2cccnc2)c(C(=O)O)n1. The number of hydrogen-bond donors (Lipinski definition) is 2. The minimum Gasteiger partial charge on any atom is -0.476 e. The zero-order chi connectivity index (χ0) is 12.3. The Kier molecular flexibility index (Phi) is 2.95. The number of aryl methyl sites for hydroxylation is 1. The summed E-state index contributed by atoms with van der Waals surface area (Å²) in [6.07, 6.45) is 4.71. The van der Waals surface area contributed by atoms with Crippen molar-refractivity contribution in [2.45, 2.75) is 6.92 Å². The summed E-state index contributed by atoms with van der Waals surface area (Å²) in [5.41, 5.74) is 1.11. The average Bonchev–Trinajstić information content (AvgIpc) is 2.32. The Hall–Kier alpha value is -2.50. The van der Waals surface area contributed by atoms with Crippen molar-refractivity contribution in [3.63, 3.8) is 0 Å². The predicted octanol–water partition coefficient (Wildman–Crippen LogP) is 1.62. The van der Waals surface area contributed by atoms with Crippen LogP contribution < -0.4 is 5.32 Å². The second-order valence-corrected chi connectivity index (χ2v) is 3.38. The van der Waals surface area contributed by atoms with E-state index in [-0.39, 0.29) is 11.5 Å². The van der Waals surface area contributed by atoms with Gasteiger partial charge in [-0.15, -0.1) is 0 Å². The van der Waals surface area contributed by atoms with E-state index in [9.17, 15) is 4.79 Å². The van der Waals surface area contributed by atoms with Gasteiger partial charge in [-0.05, 0) is 19.1 Å². The van der Waals surface area contributed by atoms with E-state index in [0.717, 1.165) is 0 Å². The topological polar surface area (TPSA) is 88.0 Å². The second-order valence-electron chi connectivity index (χ2n) is 3.38. The van der Waals surface area contributed by atoms with Crippen LogP contribution in [0.5, 0.6) is 0 Å². The Morgan fingerprint density at radius 2 is 2.24 bits per heavy atom. The molecule has 0 aliphatic carbocycles. The number of nitrogens with one attached hydrogen (secondary N) is 1. The highest BCUT2D eigenvalue weighted by molar-refractivity contribution is 5.91. The van der Waals surface area contributed by atoms with Gasteiger partial charge in [0.1, 0.15) is 0 Å². The Bertz CT molecular complexity index is 542. The van der Waals surface area contributed by atoms with E-state index >= 15 is 0 Å². The van der Waals surface area contributed by atoms with Crippen molar-refractivity contribution in [1.82, 2.24) is 15.0 Å². The quantitative estimate of drug-likeness (QED) is 0.833. The summed E-state index contributed by atoms with van der Waals surface area (Å²) in [6, 6.07) is 3.50. The molecule has 0 aliphatic heterocycles. The third-order valence-electron chi connectivity index (χ3n) is 2.02. The van der Waals surface area contributed by atoms with Crippen LogP contribution in [0.1, 0.15) is 16.2 Å². The molecule has 0 unspecified atom stereocenters. The van der Waals surface area contributed by atoms with Crippen LogP contribution in [0.4, 0.5) is 11.5 Å². The largest absolute Gasteiger partial charge is 0.476 e. The van der Waals surface area contributed by atoms with Gasteiger partial charge in [0.05, 0.1) is 23.8 Å². The number of rotatable bonds is 3. The summed E-state index contributed by atoms with van der Waals surface area (Å²) < 4.78 is 0. The first-order valence-corrected chi connectivity index (χ1v) is 4.91. The molecule has 0 atom stereocenters. The fraction of sp³-hybridized carbons (Fsp3) is 0.0909. The molecule has 0 spiro atoms. The molecule has 0 saturated heterocycles. The van der Waals surface area contributed by atoms with Gasteiger partial charge in [0.15, 0.2) is 11.5 Å². The van der Waals surface area contributed by atoms with Crippen LogP contribution in [-0.4, -0.2) is 26.0 Å². The normalized spacial score (nSPS) is 9.94. The molecule has 0 amide bonds. The highest BCUT2D eigenvalue weighted by Gasteiger charge is 2.13. The van der Waals surface area contributed by atoms with Crippen LogP contribution in [0.25, 0.3) is 0 Å². The molecular formula is C11H10N4O2. The Balaban J connectivity index is 2.36. The monoisotopic (exact) mass is 230 g/mol. The Morgan fingerprint density at radius 3 is 2.88 bits per heavy atom. The average molecular weight is 230 g/mol. The van der Waals surface area contributed by atoms with E-state index in [4.69, 9.17) is 5.11 Å². The summed E-state index contributed by atoms with van der Waals surface area (Å²) in [5, 5.41) is 11.9. The fourth-order valence-electron chi connectivity index (χ4n) is 1.29. The number of carboxylic acids is 1. The summed E-state index contributed by atoms with van der Waals surface area (Å²) in [4.78, 5) is 22.9. The van der Waals surface area contributed by atoms with Gasteiger partial charge in [-0.1, -0.05) is 0 Å². The number of carboxylic acid groups (broad SMARTS) is 1. The molecule has 0 aromatic carbocycles. The molecule has 0 saturated carbocycles. The predicted molar refractivity (Wildman–Crippen MR) is 61.2 cm³/mol. The molecule has 2 heterocycles. The van der Waals surface area contributed by atoms with E-state index in [1.54, 1.807) is 31.5 Å². The molecule has 6 heteroatoms. The molecule has 6 nitrogen and oxygen atoms in total. The van der Waals surface area contributed by atoms with Crippen LogP contribution in [0, 0.1) is 6.92 Å². The van der Waals surface area contributed by atoms with Gasteiger partial charge in [-0.2, -0.15) is 0 Å². The van der Waals surface area contributed by atoms with Crippen LogP contribution in [0.3, 0.4) is 0 Å². The summed E-state index contributed by atoms with van der Waals surface area (Å²) in [7, 11) is 0. The number of pyridine rings is 1. The molecule has 86 valence electrons. The number of anilines is 2. The van der Waals surface area contributed by atoms with Gasteiger partial charge < -0.3 is 10.4 Å². The molecular weight excluding hydrogens is 220 g/mol. The fourth-order valence-corrected chi connectivity index (χ4v) is 1.29. The minimum atomic E-state index is -1.12. The van der Waals surface area contributed by atoms with Crippen molar-refractivity contribution in [3.8, 4) is 0 Å². The molecule has 2 aromatic rings. The Labute approximate surface area is 97.4 Å². The minimum absolute atomic E-state index is 0.103. The van der Waals surface area contributed by atoms with E-state index in [0.29, 0.717) is 11.4 Å². The van der Waals surface area contributed by atoms with Gasteiger partial charge in [0, 0.05) is 6.20 Å². The lowest BCUT2D eigenvalue weighted by molar-refractivity contribution is 0.0691. The molecule has 2 aromatic heterocycles. The van der Waals surface area contributed by atoms with Gasteiger partial charge in [0.2, 0.25) is 0 Å². The maximum Gasteiger partial charge on any atom is 0.358 e. The summed E-state index contributed by atoms with van der Waals surface area (Å²) >= 11 is 0. The van der Waals surface area contributed by atoms with Crippen LogP contribution in [-0.2, 0) is 0 Å². The lowest BCUT2D eigenvalue weighted by atomic mass is 10.3. The van der Waals surface area contributed by atoms with Crippen molar-refractivity contribution >= 4 is 17.5 Å². The maximum atomic E-state index is 11.0. The van der Waals surface area contributed by atoms with Crippen LogP contribution in [0.15, 0.2) is 30.7 Å². The smallest absolute Gasteiger partial charge is 0.358 e. The lowest BCUT2D eigenvalue weighted by Gasteiger charge is -2.07. The van der Waals surface area contributed by atoms with Gasteiger partial charge in [0.25, 0.3) is 0 Å². The molecule has 2 N–H and O–H groups in total. The lowest BCUT2D eigenvalue weighted by Crippen LogP contribution is -2.08. The highest BCUT2D eigenvalue weighted by Crippen LogP contribution is 2.16. The van der Waals surface area contributed by atoms with E-state index < -0.39 is 5.97 Å². The second kappa shape index (κ2) is 4.56. The molecule has 0 aliphatic rings. The van der Waals surface area contributed by atoms with Crippen molar-refractivity contribution < 1.29 is 9.90 Å². The number of aromatic carboxylic acids is 1. The summed E-state index contributed by atoms with van der Waals surface area (Å²) in [6.45, 7) is 1.69. The maximum absolute atomic E-state index is 11.0. The van der Waals surface area contributed by atoms with E-state index in [1.165, 1.54) is 6.20 Å². The Morgan fingerprint density at radius 1 is 1.41 bits per heavy atom. The molecule has 0 bridgehead atoms. The highest BCUT2D eigenvalue weighted by atomic mass is 16.4. The van der Waals surface area contributed by atoms with Crippen LogP contribution >= 0.6 is 0 Å². The zero-order valence-corrected chi connectivity index (χ0v) is 9.08. The molecule has 0 fully saturated rings. The van der Waals surface area contributed by atoms with E-state index in [1.807, 2.05) is 0 Å². The molecule has 2 rings (SSSR count). The van der Waals surface area contributed by atoms with Crippen molar-refractivity contribution in [3.05, 3.63) is 42.1 Å². The third-order valence-corrected chi connectivity index (χ3v) is 2.02. The first-order valence-electron chi connectivity index (χ1n) is 4.91. The van der Waals surface area contributed by atoms with Crippen LogP contribution in [0.2, 0.25) is 0 Å². The van der Waals surface area contributed by atoms with Gasteiger partial charge in [-0.3, -0.25) is 4.98 Å². The molecule has 17 heavy (non-hydrogen) atoms. The van der Waals surface area contributed by atoms with Gasteiger partial charge in [-0.25, -0.2) is 14.8 Å². The molecule has 0 radical (unpaired) electrons. The number of aromatic nitrogens is 3. The summed E-state index contributed by atoms with van der Waals surface area (Å²) in [5.74, 6) is -0.913. The zero-order valence-electron chi connectivity index (χ0n) is 9.08. The van der Waals surface area contributed by atoms with Crippen molar-refractivity contribution in [2.75, 3.05) is 5.32 Å². The van der Waals surface area contributed by atoms with E-state index in [2.05, 4.69) is 20.3 Å². The standard InChI is InChI=1S/C11H10N4O2/c1-7-5-13-10(9(14-7)11(16)17)15-8-3-2-4-12-6-8/h2-6H,1H3,(H,13,15)(H,16,17). The third kappa shape index (κ3) is 2.54. The first kappa shape index (κ1) is 11.0. The number of carbonyl (C=O) groups is 1. The first-order chi connectivity index (χ1) is 8.16. The van der Waals surface area contributed by atoms with Crippen molar-refractivity contribution in [1.29, 1.82) is 0 Å². The van der Waals surface area contributed by atoms with Crippen molar-refractivity contribution in [2.24, 2.45) is 0 Å². The number of nitrogens with zero attached hydrogens (tertiary/aromatic N) is 3. The number of hydrogen-bond acceptors (Lipinski definition) is 5. The van der Waals surface area contributed by atoms with Gasteiger partial charge >= 0.3 is 5.97 Å².